The van der Waals surface area contributed by atoms with Gasteiger partial charge in [0.1, 0.15) is 5.76 Å². The molecule has 0 radical (unpaired) electrons. The molecule has 3 fully saturated rings. The van der Waals surface area contributed by atoms with Crippen LogP contribution in [0.15, 0.2) is 54.1 Å². The molecule has 2 N–H and O–H groups in total. The van der Waals surface area contributed by atoms with E-state index in [0.717, 1.165) is 43.5 Å². The SMILES string of the molecule is C=C1CCC2[C@](C)(CC[C@@H](O)[C@@]2(C)CO)C1/C=C/C1=CC(=C\c2cnc(N3CCOCC3)nc2)/OC1=O. The van der Waals surface area contributed by atoms with E-state index < -0.39 is 17.5 Å². The van der Waals surface area contributed by atoms with E-state index in [1.807, 2.05) is 13.0 Å². The molecular weight excluding hydrogens is 470 g/mol. The molecule has 2 saturated carbocycles. The molecule has 0 amide bonds. The second-order valence-electron chi connectivity index (χ2n) is 11.3. The molecule has 2 aliphatic carbocycles. The van der Waals surface area contributed by atoms with Gasteiger partial charge in [0, 0.05) is 42.4 Å². The highest BCUT2D eigenvalue weighted by Crippen LogP contribution is 2.61. The zero-order valence-electron chi connectivity index (χ0n) is 21.7. The number of anilines is 1. The van der Waals surface area contributed by atoms with Gasteiger partial charge in [-0.25, -0.2) is 14.8 Å². The summed E-state index contributed by atoms with van der Waals surface area (Å²) in [5, 5.41) is 20.9. The number of hydrogen-bond acceptors (Lipinski definition) is 8. The zero-order valence-corrected chi connectivity index (χ0v) is 21.7. The van der Waals surface area contributed by atoms with Crippen LogP contribution >= 0.6 is 0 Å². The van der Waals surface area contributed by atoms with Crippen molar-refractivity contribution in [2.45, 2.75) is 45.6 Å². The number of rotatable bonds is 5. The molecule has 198 valence electrons. The number of esters is 1. The van der Waals surface area contributed by atoms with Crippen molar-refractivity contribution in [1.29, 1.82) is 0 Å². The normalized spacial score (nSPS) is 35.6. The van der Waals surface area contributed by atoms with Crippen LogP contribution in [-0.2, 0) is 14.3 Å². The number of carbonyl (C=O) groups is 1. The molecule has 8 heteroatoms. The van der Waals surface area contributed by atoms with Crippen molar-refractivity contribution < 1.29 is 24.5 Å². The van der Waals surface area contributed by atoms with Gasteiger partial charge in [-0.1, -0.05) is 38.2 Å². The molecule has 0 spiro atoms. The minimum absolute atomic E-state index is 0.0416. The van der Waals surface area contributed by atoms with Gasteiger partial charge in [-0.05, 0) is 49.2 Å². The third-order valence-electron chi connectivity index (χ3n) is 9.03. The highest BCUT2D eigenvalue weighted by Gasteiger charge is 2.57. The highest BCUT2D eigenvalue weighted by molar-refractivity contribution is 5.96. The molecule has 2 unspecified atom stereocenters. The number of cyclic esters (lactones) is 1. The average molecular weight is 508 g/mol. The quantitative estimate of drug-likeness (QED) is 0.461. The Labute approximate surface area is 218 Å². The van der Waals surface area contributed by atoms with Crippen LogP contribution in [-0.4, -0.2) is 65.2 Å². The Kier molecular flexibility index (Phi) is 7.09. The number of morpholine rings is 1. The molecule has 0 bridgehead atoms. The Morgan fingerprint density at radius 1 is 1.22 bits per heavy atom. The first-order valence-corrected chi connectivity index (χ1v) is 13.2. The van der Waals surface area contributed by atoms with E-state index in [-0.39, 0.29) is 23.9 Å². The number of hydrogen-bond donors (Lipinski definition) is 2. The summed E-state index contributed by atoms with van der Waals surface area (Å²) in [6, 6.07) is 0. The molecule has 1 aromatic rings. The van der Waals surface area contributed by atoms with Gasteiger partial charge in [0.2, 0.25) is 5.95 Å². The third-order valence-corrected chi connectivity index (χ3v) is 9.03. The van der Waals surface area contributed by atoms with Crippen molar-refractivity contribution in [2.24, 2.45) is 22.7 Å². The monoisotopic (exact) mass is 507 g/mol. The standard InChI is InChI=1S/C29H37N3O5/c1-19-4-7-24-28(2,9-8-25(34)29(24,3)18-33)23(19)6-5-21-15-22(37-26(21)35)14-20-16-30-27(31-17-20)32-10-12-36-13-11-32/h5-6,14-17,23-25,33-34H,1,4,7-13,18H2,2-3H3/b6-5+,22-14+/t23?,24?,25-,28-,29+/m1/s1. The maximum absolute atomic E-state index is 12.6. The minimum atomic E-state index is -0.541. The number of aromatic nitrogens is 2. The average Bonchev–Trinajstić information content (AvgIpc) is 3.25. The molecule has 3 heterocycles. The summed E-state index contributed by atoms with van der Waals surface area (Å²) in [5.74, 6) is 0.935. The van der Waals surface area contributed by atoms with Gasteiger partial charge in [0.05, 0.1) is 31.5 Å². The summed E-state index contributed by atoms with van der Waals surface area (Å²) in [4.78, 5) is 23.6. The van der Waals surface area contributed by atoms with Crippen molar-refractivity contribution in [3.05, 3.63) is 59.7 Å². The predicted octanol–water partition coefficient (Wildman–Crippen LogP) is 3.44. The Morgan fingerprint density at radius 2 is 1.95 bits per heavy atom. The van der Waals surface area contributed by atoms with Crippen LogP contribution in [0.1, 0.15) is 45.1 Å². The number of carbonyl (C=O) groups excluding carboxylic acids is 1. The van der Waals surface area contributed by atoms with Crippen LogP contribution in [0.4, 0.5) is 5.95 Å². The first-order valence-electron chi connectivity index (χ1n) is 13.2. The lowest BCUT2D eigenvalue weighted by molar-refractivity contribution is -0.145. The van der Waals surface area contributed by atoms with Crippen LogP contribution in [0.5, 0.6) is 0 Å². The Balaban J connectivity index is 1.33. The van der Waals surface area contributed by atoms with E-state index in [9.17, 15) is 15.0 Å². The molecule has 1 aromatic heterocycles. The Bertz CT molecular complexity index is 1140. The number of ether oxygens (including phenoxy) is 2. The number of aliphatic hydroxyl groups excluding tert-OH is 2. The van der Waals surface area contributed by atoms with E-state index in [1.54, 1.807) is 24.5 Å². The van der Waals surface area contributed by atoms with Crippen molar-refractivity contribution in [2.75, 3.05) is 37.8 Å². The smallest absolute Gasteiger partial charge is 0.343 e. The van der Waals surface area contributed by atoms with Gasteiger partial charge in [0.25, 0.3) is 0 Å². The lowest BCUT2D eigenvalue weighted by Gasteiger charge is -2.59. The molecule has 0 aromatic carbocycles. The summed E-state index contributed by atoms with van der Waals surface area (Å²) in [6.07, 6.45) is 13.6. The fourth-order valence-corrected chi connectivity index (χ4v) is 6.78. The summed E-state index contributed by atoms with van der Waals surface area (Å²) in [6.45, 7) is 11.4. The first kappa shape index (κ1) is 25.8. The van der Waals surface area contributed by atoms with E-state index in [2.05, 4.69) is 34.4 Å². The minimum Gasteiger partial charge on any atom is -0.423 e. The molecule has 2 aliphatic heterocycles. The third kappa shape index (κ3) is 4.78. The van der Waals surface area contributed by atoms with Gasteiger partial charge in [-0.2, -0.15) is 0 Å². The Morgan fingerprint density at radius 3 is 2.65 bits per heavy atom. The summed E-state index contributed by atoms with van der Waals surface area (Å²) in [5.41, 5.74) is 1.68. The van der Waals surface area contributed by atoms with Gasteiger partial charge in [-0.15, -0.1) is 0 Å². The predicted molar refractivity (Wildman–Crippen MR) is 140 cm³/mol. The molecular formula is C29H37N3O5. The summed E-state index contributed by atoms with van der Waals surface area (Å²) >= 11 is 0. The molecule has 1 saturated heterocycles. The van der Waals surface area contributed by atoms with Crippen molar-refractivity contribution in [3.63, 3.8) is 0 Å². The molecule has 5 rings (SSSR count). The summed E-state index contributed by atoms with van der Waals surface area (Å²) < 4.78 is 10.9. The van der Waals surface area contributed by atoms with Crippen molar-refractivity contribution in [1.82, 2.24) is 9.97 Å². The van der Waals surface area contributed by atoms with Gasteiger partial charge in [0.15, 0.2) is 0 Å². The molecule has 4 aliphatic rings. The molecule has 8 nitrogen and oxygen atoms in total. The largest absolute Gasteiger partial charge is 0.423 e. The lowest BCUT2D eigenvalue weighted by atomic mass is 9.46. The van der Waals surface area contributed by atoms with Gasteiger partial charge in [-0.3, -0.25) is 0 Å². The lowest BCUT2D eigenvalue weighted by Crippen LogP contribution is -2.57. The zero-order chi connectivity index (χ0) is 26.2. The van der Waals surface area contributed by atoms with Crippen LogP contribution in [0.2, 0.25) is 0 Å². The van der Waals surface area contributed by atoms with E-state index in [0.29, 0.717) is 36.9 Å². The number of fused-ring (bicyclic) bond motifs is 1. The van der Waals surface area contributed by atoms with Crippen molar-refractivity contribution in [3.8, 4) is 0 Å². The van der Waals surface area contributed by atoms with Gasteiger partial charge < -0.3 is 24.6 Å². The van der Waals surface area contributed by atoms with Crippen LogP contribution in [0.3, 0.4) is 0 Å². The topological polar surface area (TPSA) is 105 Å². The first-order chi connectivity index (χ1) is 17.7. The maximum Gasteiger partial charge on any atom is 0.343 e. The fourth-order valence-electron chi connectivity index (χ4n) is 6.78. The molecule has 37 heavy (non-hydrogen) atoms. The van der Waals surface area contributed by atoms with Crippen molar-refractivity contribution >= 4 is 18.0 Å². The van der Waals surface area contributed by atoms with Gasteiger partial charge >= 0.3 is 5.97 Å². The highest BCUT2D eigenvalue weighted by atomic mass is 16.5. The van der Waals surface area contributed by atoms with Crippen LogP contribution in [0.25, 0.3) is 6.08 Å². The number of aliphatic hydroxyl groups is 2. The van der Waals surface area contributed by atoms with Crippen LogP contribution < -0.4 is 4.90 Å². The van der Waals surface area contributed by atoms with E-state index >= 15 is 0 Å². The maximum atomic E-state index is 12.6. The Hall–Kier alpha value is -2.81. The second-order valence-corrected chi connectivity index (χ2v) is 11.3. The summed E-state index contributed by atoms with van der Waals surface area (Å²) in [7, 11) is 0. The van der Waals surface area contributed by atoms with E-state index in [1.165, 1.54) is 0 Å². The second kappa shape index (κ2) is 10.2. The number of allylic oxidation sites excluding steroid dienone is 3. The number of nitrogens with zero attached hydrogens (tertiary/aromatic N) is 3. The van der Waals surface area contributed by atoms with Crippen LogP contribution in [0, 0.1) is 22.7 Å². The molecule has 5 atom stereocenters. The fraction of sp³-hybridized carbons (Fsp3) is 0.552. The van der Waals surface area contributed by atoms with E-state index in [4.69, 9.17) is 9.47 Å².